The summed E-state index contributed by atoms with van der Waals surface area (Å²) in [6.45, 7) is 4.26. The second-order valence-corrected chi connectivity index (χ2v) is 3.90. The normalized spacial score (nSPS) is 10.2. The fourth-order valence-corrected chi connectivity index (χ4v) is 1.27. The molecule has 7 heteroatoms. The first-order valence-corrected chi connectivity index (χ1v) is 6.10. The molecule has 1 rings (SSSR count). The van der Waals surface area contributed by atoms with Gasteiger partial charge in [0.15, 0.2) is 0 Å². The minimum atomic E-state index is 0.556. The summed E-state index contributed by atoms with van der Waals surface area (Å²) in [5, 5.41) is 6.08. The lowest BCUT2D eigenvalue weighted by Gasteiger charge is -2.13. The second-order valence-electron chi connectivity index (χ2n) is 3.90. The molecule has 18 heavy (non-hydrogen) atoms. The van der Waals surface area contributed by atoms with E-state index in [0.717, 1.165) is 26.2 Å². The van der Waals surface area contributed by atoms with Gasteiger partial charge in [-0.15, -0.1) is 0 Å². The van der Waals surface area contributed by atoms with Gasteiger partial charge in [-0.25, -0.2) is 0 Å². The Hall–Kier alpha value is -1.63. The van der Waals surface area contributed by atoms with Crippen molar-refractivity contribution in [3.8, 4) is 0 Å². The summed E-state index contributed by atoms with van der Waals surface area (Å²) in [6, 6.07) is 0. The van der Waals surface area contributed by atoms with Crippen molar-refractivity contribution in [2.75, 3.05) is 56.4 Å². The third-order valence-corrected chi connectivity index (χ3v) is 2.20. The molecule has 0 saturated heterocycles. The molecule has 0 atom stereocenters. The molecular weight excluding hydrogens is 232 g/mol. The third-order valence-electron chi connectivity index (χ3n) is 2.20. The molecule has 1 heterocycles. The first-order valence-electron chi connectivity index (χ1n) is 6.10. The lowest BCUT2D eigenvalue weighted by Crippen LogP contribution is -2.17. The zero-order valence-corrected chi connectivity index (χ0v) is 11.5. The Balaban J connectivity index is 2.56. The third kappa shape index (κ3) is 4.70. The lowest BCUT2D eigenvalue weighted by atomic mass is 10.4. The maximum absolute atomic E-state index is 5.26. The van der Waals surface area contributed by atoms with E-state index < -0.39 is 0 Å². The van der Waals surface area contributed by atoms with Crippen LogP contribution in [0.3, 0.4) is 0 Å². The molecule has 0 aliphatic heterocycles. The molecule has 0 aliphatic rings. The predicted octanol–water partition coefficient (Wildman–Crippen LogP) is 0.818. The quantitative estimate of drug-likeness (QED) is 0.665. The van der Waals surface area contributed by atoms with Crippen LogP contribution in [0.5, 0.6) is 0 Å². The lowest BCUT2D eigenvalue weighted by molar-refractivity contribution is 0.147. The van der Waals surface area contributed by atoms with Gasteiger partial charge in [0.25, 0.3) is 0 Å². The Kier molecular flexibility index (Phi) is 6.13. The Morgan fingerprint density at radius 2 is 1.89 bits per heavy atom. The van der Waals surface area contributed by atoms with Crippen LogP contribution in [0, 0.1) is 0 Å². The summed E-state index contributed by atoms with van der Waals surface area (Å²) >= 11 is 0. The van der Waals surface area contributed by atoms with Crippen molar-refractivity contribution in [1.29, 1.82) is 0 Å². The van der Waals surface area contributed by atoms with Gasteiger partial charge in [-0.1, -0.05) is 0 Å². The molecule has 2 N–H and O–H groups in total. The molecule has 0 aliphatic carbocycles. The molecule has 1 aromatic heterocycles. The summed E-state index contributed by atoms with van der Waals surface area (Å²) in [5.41, 5.74) is 0. The van der Waals surface area contributed by atoms with Crippen molar-refractivity contribution >= 4 is 17.8 Å². The van der Waals surface area contributed by atoms with Gasteiger partial charge in [0, 0.05) is 40.9 Å². The number of rotatable bonds is 8. The van der Waals surface area contributed by atoms with Crippen molar-refractivity contribution in [3.05, 3.63) is 0 Å². The van der Waals surface area contributed by atoms with Crippen LogP contribution in [0.1, 0.15) is 13.3 Å². The van der Waals surface area contributed by atoms with Crippen LogP contribution in [0.25, 0.3) is 0 Å². The summed E-state index contributed by atoms with van der Waals surface area (Å²) in [4.78, 5) is 14.6. The molecule has 0 saturated carbocycles. The van der Waals surface area contributed by atoms with E-state index in [9.17, 15) is 0 Å². The molecule has 0 radical (unpaired) electrons. The summed E-state index contributed by atoms with van der Waals surface area (Å²) in [6.07, 6.45) is 0.922. The van der Waals surface area contributed by atoms with Crippen LogP contribution in [-0.4, -0.2) is 55.9 Å². The van der Waals surface area contributed by atoms with E-state index in [0.29, 0.717) is 17.8 Å². The highest BCUT2D eigenvalue weighted by atomic mass is 16.5. The summed E-state index contributed by atoms with van der Waals surface area (Å²) in [5.74, 6) is 1.76. The number of nitrogens with one attached hydrogen (secondary N) is 2. The van der Waals surface area contributed by atoms with Gasteiger partial charge < -0.3 is 20.3 Å². The SMILES string of the molecule is CCOCCCNc1nc(NC)nc(N(C)C)n1. The highest BCUT2D eigenvalue weighted by Gasteiger charge is 2.06. The zero-order chi connectivity index (χ0) is 13.4. The maximum atomic E-state index is 5.26. The van der Waals surface area contributed by atoms with Gasteiger partial charge >= 0.3 is 0 Å². The fourth-order valence-electron chi connectivity index (χ4n) is 1.27. The summed E-state index contributed by atoms with van der Waals surface area (Å²) in [7, 11) is 5.58. The van der Waals surface area contributed by atoms with E-state index >= 15 is 0 Å². The Morgan fingerprint density at radius 1 is 1.17 bits per heavy atom. The molecule has 0 aromatic carbocycles. The number of aromatic nitrogens is 3. The molecule has 0 spiro atoms. The molecule has 0 unspecified atom stereocenters. The van der Waals surface area contributed by atoms with E-state index in [4.69, 9.17) is 4.74 Å². The van der Waals surface area contributed by atoms with Crippen molar-refractivity contribution in [2.45, 2.75) is 13.3 Å². The van der Waals surface area contributed by atoms with E-state index in [1.807, 2.05) is 25.9 Å². The summed E-state index contributed by atoms with van der Waals surface area (Å²) < 4.78 is 5.26. The van der Waals surface area contributed by atoms with Crippen molar-refractivity contribution in [2.24, 2.45) is 0 Å². The Labute approximate surface area is 108 Å². The monoisotopic (exact) mass is 254 g/mol. The standard InChI is InChI=1S/C11H22N6O/c1-5-18-8-6-7-13-10-14-9(12-2)15-11(16-10)17(3)4/h5-8H2,1-4H3,(H2,12,13,14,15,16). The van der Waals surface area contributed by atoms with Gasteiger partial charge in [0.1, 0.15) is 0 Å². The van der Waals surface area contributed by atoms with Crippen LogP contribution < -0.4 is 15.5 Å². The minimum absolute atomic E-state index is 0.556. The smallest absolute Gasteiger partial charge is 0.231 e. The van der Waals surface area contributed by atoms with Crippen molar-refractivity contribution < 1.29 is 4.74 Å². The van der Waals surface area contributed by atoms with E-state index in [1.165, 1.54) is 0 Å². The number of ether oxygens (including phenoxy) is 1. The van der Waals surface area contributed by atoms with E-state index in [1.54, 1.807) is 7.05 Å². The fraction of sp³-hybridized carbons (Fsp3) is 0.727. The molecule has 0 fully saturated rings. The molecule has 0 bridgehead atoms. The first kappa shape index (κ1) is 14.4. The molecule has 1 aromatic rings. The van der Waals surface area contributed by atoms with Crippen LogP contribution in [0.4, 0.5) is 17.8 Å². The topological polar surface area (TPSA) is 75.2 Å². The van der Waals surface area contributed by atoms with Gasteiger partial charge in [-0.05, 0) is 13.3 Å². The predicted molar refractivity (Wildman–Crippen MR) is 73.3 cm³/mol. The van der Waals surface area contributed by atoms with Gasteiger partial charge in [-0.3, -0.25) is 0 Å². The second kappa shape index (κ2) is 7.65. The highest BCUT2D eigenvalue weighted by molar-refractivity contribution is 5.42. The van der Waals surface area contributed by atoms with E-state index in [-0.39, 0.29) is 0 Å². The number of hydrogen-bond acceptors (Lipinski definition) is 7. The largest absolute Gasteiger partial charge is 0.382 e. The van der Waals surface area contributed by atoms with Gasteiger partial charge in [0.05, 0.1) is 0 Å². The Bertz CT molecular complexity index is 357. The van der Waals surface area contributed by atoms with Crippen LogP contribution in [0.15, 0.2) is 0 Å². The number of hydrogen-bond donors (Lipinski definition) is 2. The maximum Gasteiger partial charge on any atom is 0.231 e. The van der Waals surface area contributed by atoms with Crippen LogP contribution in [0.2, 0.25) is 0 Å². The van der Waals surface area contributed by atoms with Crippen LogP contribution >= 0.6 is 0 Å². The molecule has 0 amide bonds. The average molecular weight is 254 g/mol. The van der Waals surface area contributed by atoms with Crippen molar-refractivity contribution in [3.63, 3.8) is 0 Å². The van der Waals surface area contributed by atoms with E-state index in [2.05, 4.69) is 25.6 Å². The molecular formula is C11H22N6O. The molecule has 102 valence electrons. The molecule has 7 nitrogen and oxygen atoms in total. The first-order chi connectivity index (χ1) is 8.67. The van der Waals surface area contributed by atoms with Gasteiger partial charge in [-0.2, -0.15) is 15.0 Å². The highest BCUT2D eigenvalue weighted by Crippen LogP contribution is 2.10. The van der Waals surface area contributed by atoms with Crippen LogP contribution in [-0.2, 0) is 4.74 Å². The Morgan fingerprint density at radius 3 is 2.50 bits per heavy atom. The minimum Gasteiger partial charge on any atom is -0.382 e. The van der Waals surface area contributed by atoms with Crippen molar-refractivity contribution in [1.82, 2.24) is 15.0 Å². The average Bonchev–Trinajstić information content (AvgIpc) is 2.38. The number of nitrogens with zero attached hydrogens (tertiary/aromatic N) is 4. The number of anilines is 3. The zero-order valence-electron chi connectivity index (χ0n) is 11.5. The van der Waals surface area contributed by atoms with Gasteiger partial charge in [0.2, 0.25) is 17.8 Å².